The van der Waals surface area contributed by atoms with Crippen molar-refractivity contribution in [1.29, 1.82) is 0 Å². The summed E-state index contributed by atoms with van der Waals surface area (Å²) in [5, 5.41) is 8.60. The minimum atomic E-state index is 0.669. The van der Waals surface area contributed by atoms with Crippen LogP contribution in [0.3, 0.4) is 0 Å². The first-order valence-corrected chi connectivity index (χ1v) is 10.9. The van der Waals surface area contributed by atoms with E-state index in [1.165, 1.54) is 26.6 Å². The Morgan fingerprint density at radius 1 is 0.967 bits per heavy atom. The second-order valence-corrected chi connectivity index (χ2v) is 8.76. The number of halogens is 1. The first kappa shape index (κ1) is 18.9. The SMILES string of the molecule is CNc1cc(Cl)cc2c(Cn3ccc4ccc(-c5cc(N)cc(N)c5)cc43)csc12. The summed E-state index contributed by atoms with van der Waals surface area (Å²) in [5.41, 5.74) is 18.9. The molecule has 5 N–H and O–H groups in total. The largest absolute Gasteiger partial charge is 0.399 e. The van der Waals surface area contributed by atoms with Crippen molar-refractivity contribution in [3.05, 3.63) is 76.8 Å². The number of hydrogen-bond donors (Lipinski definition) is 3. The summed E-state index contributed by atoms with van der Waals surface area (Å²) in [6.07, 6.45) is 2.13. The number of nitrogens with two attached hydrogens (primary N) is 2. The van der Waals surface area contributed by atoms with E-state index in [-0.39, 0.29) is 0 Å². The first-order valence-electron chi connectivity index (χ1n) is 9.64. The molecule has 5 rings (SSSR count). The lowest BCUT2D eigenvalue weighted by Gasteiger charge is -2.09. The highest BCUT2D eigenvalue weighted by atomic mass is 35.5. The predicted molar refractivity (Wildman–Crippen MR) is 132 cm³/mol. The van der Waals surface area contributed by atoms with Gasteiger partial charge in [0.2, 0.25) is 0 Å². The molecule has 0 atom stereocenters. The van der Waals surface area contributed by atoms with Crippen molar-refractivity contribution in [3.63, 3.8) is 0 Å². The normalized spacial score (nSPS) is 11.4. The van der Waals surface area contributed by atoms with Gasteiger partial charge in [-0.25, -0.2) is 0 Å². The van der Waals surface area contributed by atoms with Gasteiger partial charge in [-0.1, -0.05) is 23.7 Å². The molecule has 2 heterocycles. The highest BCUT2D eigenvalue weighted by molar-refractivity contribution is 7.18. The lowest BCUT2D eigenvalue weighted by Crippen LogP contribution is -1.97. The van der Waals surface area contributed by atoms with Gasteiger partial charge in [-0.2, -0.15) is 0 Å². The molecular weight excluding hydrogens is 412 g/mol. The topological polar surface area (TPSA) is 69.0 Å². The van der Waals surface area contributed by atoms with Crippen molar-refractivity contribution in [3.8, 4) is 11.1 Å². The van der Waals surface area contributed by atoms with Crippen LogP contribution in [0.25, 0.3) is 32.1 Å². The third-order valence-electron chi connectivity index (χ3n) is 5.41. The van der Waals surface area contributed by atoms with Gasteiger partial charge in [0.05, 0.1) is 10.4 Å². The average molecular weight is 433 g/mol. The van der Waals surface area contributed by atoms with Crippen LogP contribution in [0, 0.1) is 0 Å². The number of thiophene rings is 1. The number of anilines is 3. The summed E-state index contributed by atoms with van der Waals surface area (Å²) >= 11 is 8.10. The summed E-state index contributed by atoms with van der Waals surface area (Å²) < 4.78 is 3.50. The number of nitrogen functional groups attached to an aromatic ring is 2. The van der Waals surface area contributed by atoms with E-state index in [0.717, 1.165) is 28.4 Å². The van der Waals surface area contributed by atoms with Crippen molar-refractivity contribution in [1.82, 2.24) is 4.57 Å². The molecule has 0 radical (unpaired) electrons. The van der Waals surface area contributed by atoms with E-state index in [1.54, 1.807) is 17.4 Å². The number of nitrogens with zero attached hydrogens (tertiary/aromatic N) is 1. The monoisotopic (exact) mass is 432 g/mol. The molecule has 0 aliphatic rings. The Morgan fingerprint density at radius 3 is 2.53 bits per heavy atom. The first-order chi connectivity index (χ1) is 14.5. The Kier molecular flexibility index (Phi) is 4.57. The summed E-state index contributed by atoms with van der Waals surface area (Å²) in [6.45, 7) is 0.773. The lowest BCUT2D eigenvalue weighted by atomic mass is 10.0. The number of fused-ring (bicyclic) bond motifs is 2. The maximum absolute atomic E-state index is 6.36. The molecule has 6 heteroatoms. The molecule has 4 nitrogen and oxygen atoms in total. The molecule has 3 aromatic carbocycles. The zero-order valence-electron chi connectivity index (χ0n) is 16.4. The Hall–Kier alpha value is -3.15. The van der Waals surface area contributed by atoms with E-state index < -0.39 is 0 Å². The molecule has 5 aromatic rings. The van der Waals surface area contributed by atoms with Crippen LogP contribution in [-0.4, -0.2) is 11.6 Å². The molecule has 30 heavy (non-hydrogen) atoms. The molecule has 0 fully saturated rings. The third-order valence-corrected chi connectivity index (χ3v) is 6.71. The van der Waals surface area contributed by atoms with E-state index in [0.29, 0.717) is 11.4 Å². The van der Waals surface area contributed by atoms with E-state index in [1.807, 2.05) is 25.2 Å². The third kappa shape index (κ3) is 3.26. The van der Waals surface area contributed by atoms with E-state index in [9.17, 15) is 0 Å². The molecule has 0 aliphatic heterocycles. The predicted octanol–water partition coefficient (Wildman–Crippen LogP) is 6.43. The highest BCUT2D eigenvalue weighted by Crippen LogP contribution is 2.36. The molecule has 0 amide bonds. The quantitative estimate of drug-likeness (QED) is 0.286. The van der Waals surface area contributed by atoms with Gasteiger partial charge in [0.25, 0.3) is 0 Å². The number of aromatic nitrogens is 1. The van der Waals surface area contributed by atoms with Gasteiger partial charge in [0, 0.05) is 47.1 Å². The van der Waals surface area contributed by atoms with Crippen molar-refractivity contribution >= 4 is 61.0 Å². The van der Waals surface area contributed by atoms with Crippen LogP contribution in [0.5, 0.6) is 0 Å². The smallest absolute Gasteiger partial charge is 0.0578 e. The van der Waals surface area contributed by atoms with Gasteiger partial charge in [-0.3, -0.25) is 0 Å². The summed E-state index contributed by atoms with van der Waals surface area (Å²) in [5.74, 6) is 0. The zero-order chi connectivity index (χ0) is 20.8. The summed E-state index contributed by atoms with van der Waals surface area (Å²) in [7, 11) is 1.93. The van der Waals surface area contributed by atoms with Crippen LogP contribution in [0.15, 0.2) is 66.2 Å². The second-order valence-electron chi connectivity index (χ2n) is 7.45. The molecule has 0 saturated heterocycles. The number of rotatable bonds is 4. The van der Waals surface area contributed by atoms with Crippen molar-refractivity contribution in [2.75, 3.05) is 23.8 Å². The fraction of sp³-hybridized carbons (Fsp3) is 0.0833. The van der Waals surface area contributed by atoms with Crippen molar-refractivity contribution in [2.45, 2.75) is 6.54 Å². The van der Waals surface area contributed by atoms with Gasteiger partial charge in [0.1, 0.15) is 0 Å². The maximum atomic E-state index is 6.36. The van der Waals surface area contributed by atoms with E-state index >= 15 is 0 Å². The van der Waals surface area contributed by atoms with Crippen LogP contribution in [0.2, 0.25) is 5.02 Å². The van der Waals surface area contributed by atoms with E-state index in [2.05, 4.69) is 51.8 Å². The van der Waals surface area contributed by atoms with Crippen LogP contribution in [0.4, 0.5) is 17.1 Å². The van der Waals surface area contributed by atoms with Crippen LogP contribution >= 0.6 is 22.9 Å². The lowest BCUT2D eigenvalue weighted by molar-refractivity contribution is 0.846. The number of hydrogen-bond acceptors (Lipinski definition) is 4. The minimum Gasteiger partial charge on any atom is -0.399 e. The Morgan fingerprint density at radius 2 is 1.77 bits per heavy atom. The van der Waals surface area contributed by atoms with Gasteiger partial charge in [-0.15, -0.1) is 11.3 Å². The Balaban J connectivity index is 1.59. The van der Waals surface area contributed by atoms with E-state index in [4.69, 9.17) is 23.1 Å². The Labute approximate surface area is 183 Å². The molecular formula is C24H21ClN4S. The molecule has 0 spiro atoms. The van der Waals surface area contributed by atoms with Gasteiger partial charge in [-0.05, 0) is 69.9 Å². The maximum Gasteiger partial charge on any atom is 0.0578 e. The van der Waals surface area contributed by atoms with Gasteiger partial charge >= 0.3 is 0 Å². The molecule has 0 aliphatic carbocycles. The Bertz CT molecular complexity index is 1380. The van der Waals surface area contributed by atoms with Crippen LogP contribution in [0.1, 0.15) is 5.56 Å². The standard InChI is InChI=1S/C24H21ClN4S/c1-28-22-10-18(25)9-21-17(13-30-24(21)22)12-29-5-4-14-2-3-15(8-23(14)29)16-6-19(26)11-20(27)7-16/h2-11,13,28H,12,26-27H2,1H3. The number of benzene rings is 3. The van der Waals surface area contributed by atoms with Crippen LogP contribution < -0.4 is 16.8 Å². The summed E-state index contributed by atoms with van der Waals surface area (Å²) in [6, 6.07) is 18.3. The minimum absolute atomic E-state index is 0.669. The average Bonchev–Trinajstić information content (AvgIpc) is 3.31. The summed E-state index contributed by atoms with van der Waals surface area (Å²) in [4.78, 5) is 0. The van der Waals surface area contributed by atoms with Gasteiger partial charge in [0.15, 0.2) is 0 Å². The molecule has 150 valence electrons. The molecule has 0 saturated carbocycles. The highest BCUT2D eigenvalue weighted by Gasteiger charge is 2.12. The molecule has 0 bridgehead atoms. The van der Waals surface area contributed by atoms with Crippen LogP contribution in [-0.2, 0) is 6.54 Å². The zero-order valence-corrected chi connectivity index (χ0v) is 18.0. The van der Waals surface area contributed by atoms with Crippen molar-refractivity contribution in [2.24, 2.45) is 0 Å². The number of nitrogens with one attached hydrogen (secondary N) is 1. The van der Waals surface area contributed by atoms with Gasteiger partial charge < -0.3 is 21.4 Å². The second kappa shape index (κ2) is 7.27. The molecule has 0 unspecified atom stereocenters. The fourth-order valence-electron chi connectivity index (χ4n) is 3.99. The van der Waals surface area contributed by atoms with Crippen molar-refractivity contribution < 1.29 is 0 Å². The fourth-order valence-corrected chi connectivity index (χ4v) is 5.27. The molecule has 2 aromatic heterocycles.